The second kappa shape index (κ2) is 7.88. The number of benzene rings is 2. The summed E-state index contributed by atoms with van der Waals surface area (Å²) in [6.45, 7) is 4.87. The molecule has 2 atom stereocenters. The molecular formula is C19H21ClN2O4S. The molecule has 1 aliphatic heterocycles. The van der Waals surface area contributed by atoms with E-state index < -0.39 is 10.0 Å². The lowest BCUT2D eigenvalue weighted by molar-refractivity contribution is -0.0586. The molecule has 0 bridgehead atoms. The van der Waals surface area contributed by atoms with Crippen LogP contribution in [0, 0.1) is 0 Å². The summed E-state index contributed by atoms with van der Waals surface area (Å²) < 4.78 is 33.2. The van der Waals surface area contributed by atoms with Crippen LogP contribution >= 0.6 is 11.6 Å². The second-order valence-corrected chi connectivity index (χ2v) is 8.67. The van der Waals surface area contributed by atoms with Gasteiger partial charge < -0.3 is 9.64 Å². The molecule has 2 aromatic carbocycles. The van der Waals surface area contributed by atoms with Crippen molar-refractivity contribution >= 4 is 33.2 Å². The number of para-hydroxylation sites is 1. The highest BCUT2D eigenvalue weighted by Crippen LogP contribution is 2.24. The van der Waals surface area contributed by atoms with Crippen molar-refractivity contribution in [1.29, 1.82) is 0 Å². The van der Waals surface area contributed by atoms with Crippen molar-refractivity contribution in [2.24, 2.45) is 0 Å². The van der Waals surface area contributed by atoms with Gasteiger partial charge in [0.15, 0.2) is 0 Å². The Hall–Kier alpha value is -2.09. The van der Waals surface area contributed by atoms with Crippen LogP contribution in [-0.2, 0) is 14.8 Å². The third kappa shape index (κ3) is 4.61. The van der Waals surface area contributed by atoms with E-state index in [1.807, 2.05) is 13.8 Å². The summed E-state index contributed by atoms with van der Waals surface area (Å²) in [5.41, 5.74) is 0.739. The fourth-order valence-corrected chi connectivity index (χ4v) is 4.37. The molecule has 0 unspecified atom stereocenters. The molecule has 1 saturated heterocycles. The lowest BCUT2D eigenvalue weighted by Crippen LogP contribution is -2.48. The minimum atomic E-state index is -3.80. The molecule has 1 amide bonds. The number of anilines is 1. The molecule has 8 heteroatoms. The molecule has 0 aromatic heterocycles. The molecule has 1 aliphatic rings. The lowest BCUT2D eigenvalue weighted by atomic mass is 10.1. The molecule has 1 fully saturated rings. The van der Waals surface area contributed by atoms with Gasteiger partial charge in [0, 0.05) is 18.7 Å². The Bertz CT molecular complexity index is 921. The predicted octanol–water partition coefficient (Wildman–Crippen LogP) is 3.39. The van der Waals surface area contributed by atoms with Crippen molar-refractivity contribution < 1.29 is 17.9 Å². The van der Waals surface area contributed by atoms with Crippen molar-refractivity contribution in [3.63, 3.8) is 0 Å². The van der Waals surface area contributed by atoms with Crippen LogP contribution < -0.4 is 4.72 Å². The monoisotopic (exact) mass is 408 g/mol. The van der Waals surface area contributed by atoms with Gasteiger partial charge in [-0.25, -0.2) is 8.42 Å². The van der Waals surface area contributed by atoms with E-state index in [-0.39, 0.29) is 23.0 Å². The number of hydrogen-bond donors (Lipinski definition) is 1. The van der Waals surface area contributed by atoms with Gasteiger partial charge in [0.1, 0.15) is 0 Å². The number of ether oxygens (including phenoxy) is 1. The van der Waals surface area contributed by atoms with Gasteiger partial charge in [-0.2, -0.15) is 0 Å². The van der Waals surface area contributed by atoms with Gasteiger partial charge in [-0.05, 0) is 50.2 Å². The van der Waals surface area contributed by atoms with E-state index in [4.69, 9.17) is 16.3 Å². The summed E-state index contributed by atoms with van der Waals surface area (Å²) in [6.07, 6.45) is -0.0608. The summed E-state index contributed by atoms with van der Waals surface area (Å²) in [4.78, 5) is 14.5. The largest absolute Gasteiger partial charge is 0.372 e. The molecule has 0 spiro atoms. The van der Waals surface area contributed by atoms with E-state index in [0.717, 1.165) is 0 Å². The second-order valence-electron chi connectivity index (χ2n) is 6.58. The first kappa shape index (κ1) is 19.7. The normalized spacial score (nSPS) is 20.3. The number of nitrogens with one attached hydrogen (secondary N) is 1. The van der Waals surface area contributed by atoms with Crippen LogP contribution in [0.1, 0.15) is 24.2 Å². The van der Waals surface area contributed by atoms with Crippen molar-refractivity contribution in [3.05, 3.63) is 59.1 Å². The van der Waals surface area contributed by atoms with Gasteiger partial charge in [0.2, 0.25) is 0 Å². The van der Waals surface area contributed by atoms with E-state index in [0.29, 0.717) is 29.4 Å². The maximum absolute atomic E-state index is 12.7. The molecule has 6 nitrogen and oxygen atoms in total. The van der Waals surface area contributed by atoms with Crippen LogP contribution in [0.15, 0.2) is 53.4 Å². The van der Waals surface area contributed by atoms with Crippen LogP contribution in [0.3, 0.4) is 0 Å². The quantitative estimate of drug-likeness (QED) is 0.841. The molecule has 1 N–H and O–H groups in total. The number of halogens is 1. The van der Waals surface area contributed by atoms with Gasteiger partial charge in [0.05, 0.1) is 27.8 Å². The number of hydrogen-bond acceptors (Lipinski definition) is 4. The third-order valence-corrected chi connectivity index (χ3v) is 5.95. The average Bonchev–Trinajstić information content (AvgIpc) is 2.62. The number of amides is 1. The minimum Gasteiger partial charge on any atom is -0.372 e. The average molecular weight is 409 g/mol. The Kier molecular flexibility index (Phi) is 5.74. The zero-order valence-electron chi connectivity index (χ0n) is 15.1. The highest BCUT2D eigenvalue weighted by atomic mass is 35.5. The van der Waals surface area contributed by atoms with Crippen molar-refractivity contribution in [3.8, 4) is 0 Å². The highest BCUT2D eigenvalue weighted by Gasteiger charge is 2.27. The van der Waals surface area contributed by atoms with Gasteiger partial charge in [-0.3, -0.25) is 9.52 Å². The van der Waals surface area contributed by atoms with Crippen LogP contribution in [0.5, 0.6) is 0 Å². The Morgan fingerprint density at radius 2 is 1.67 bits per heavy atom. The Morgan fingerprint density at radius 1 is 1.07 bits per heavy atom. The number of sulfonamides is 1. The fourth-order valence-electron chi connectivity index (χ4n) is 3.05. The highest BCUT2D eigenvalue weighted by molar-refractivity contribution is 7.92. The van der Waals surface area contributed by atoms with Crippen LogP contribution in [0.4, 0.5) is 5.69 Å². The van der Waals surface area contributed by atoms with E-state index in [9.17, 15) is 13.2 Å². The predicted molar refractivity (Wildman–Crippen MR) is 105 cm³/mol. The maximum Gasteiger partial charge on any atom is 0.261 e. The number of carbonyl (C=O) groups excluding carboxylic acids is 1. The molecule has 144 valence electrons. The number of nitrogens with zero attached hydrogens (tertiary/aromatic N) is 1. The SMILES string of the molecule is C[C@@H]1CN(C(=O)c2ccc(S(=O)(=O)Nc3ccccc3Cl)cc2)C[C@H](C)O1. The number of carbonyl (C=O) groups is 1. The Labute approximate surface area is 164 Å². The minimum absolute atomic E-state index is 0.0304. The first-order valence-corrected chi connectivity index (χ1v) is 10.4. The van der Waals surface area contributed by atoms with E-state index in [2.05, 4.69) is 4.72 Å². The van der Waals surface area contributed by atoms with E-state index in [1.54, 1.807) is 29.2 Å². The van der Waals surface area contributed by atoms with E-state index in [1.165, 1.54) is 24.3 Å². The third-order valence-electron chi connectivity index (χ3n) is 4.24. The van der Waals surface area contributed by atoms with Crippen molar-refractivity contribution in [2.75, 3.05) is 17.8 Å². The zero-order valence-corrected chi connectivity index (χ0v) is 16.6. The van der Waals surface area contributed by atoms with Crippen LogP contribution in [-0.4, -0.2) is 44.5 Å². The van der Waals surface area contributed by atoms with Gasteiger partial charge in [-0.1, -0.05) is 23.7 Å². The number of morpholine rings is 1. The first-order valence-electron chi connectivity index (χ1n) is 8.58. The molecule has 0 aliphatic carbocycles. The summed E-state index contributed by atoms with van der Waals surface area (Å²) in [6, 6.07) is 12.5. The van der Waals surface area contributed by atoms with Crippen molar-refractivity contribution in [1.82, 2.24) is 4.90 Å². The first-order chi connectivity index (χ1) is 12.8. The smallest absolute Gasteiger partial charge is 0.261 e. The van der Waals surface area contributed by atoms with Gasteiger partial charge in [0.25, 0.3) is 15.9 Å². The molecule has 1 heterocycles. The Balaban J connectivity index is 1.76. The number of rotatable bonds is 4. The Morgan fingerprint density at radius 3 is 2.26 bits per heavy atom. The maximum atomic E-state index is 12.7. The summed E-state index contributed by atoms with van der Waals surface area (Å²) >= 11 is 6.01. The van der Waals surface area contributed by atoms with Gasteiger partial charge >= 0.3 is 0 Å². The topological polar surface area (TPSA) is 75.7 Å². The summed E-state index contributed by atoms with van der Waals surface area (Å²) in [7, 11) is -3.80. The van der Waals surface area contributed by atoms with Crippen LogP contribution in [0.2, 0.25) is 5.02 Å². The van der Waals surface area contributed by atoms with Crippen LogP contribution in [0.25, 0.3) is 0 Å². The molecular weight excluding hydrogens is 388 g/mol. The molecule has 27 heavy (non-hydrogen) atoms. The standard InChI is InChI=1S/C19H21ClN2O4S/c1-13-11-22(12-14(2)26-13)19(23)15-7-9-16(10-8-15)27(24,25)21-18-6-4-3-5-17(18)20/h3-10,13-14,21H,11-12H2,1-2H3/t13-,14+. The summed E-state index contributed by atoms with van der Waals surface area (Å²) in [5.74, 6) is -0.139. The molecule has 0 radical (unpaired) electrons. The molecule has 3 rings (SSSR count). The fraction of sp³-hybridized carbons (Fsp3) is 0.316. The summed E-state index contributed by atoms with van der Waals surface area (Å²) in [5, 5.41) is 0.309. The van der Waals surface area contributed by atoms with Crippen molar-refractivity contribution in [2.45, 2.75) is 31.0 Å². The zero-order chi connectivity index (χ0) is 19.6. The van der Waals surface area contributed by atoms with Gasteiger partial charge in [-0.15, -0.1) is 0 Å². The lowest BCUT2D eigenvalue weighted by Gasteiger charge is -2.35. The molecule has 2 aromatic rings. The van der Waals surface area contributed by atoms with E-state index >= 15 is 0 Å². The molecule has 0 saturated carbocycles.